The number of rotatable bonds is 1. The lowest BCUT2D eigenvalue weighted by molar-refractivity contribution is -0.239. The van der Waals surface area contributed by atoms with Gasteiger partial charge in [0.1, 0.15) is 12.2 Å². The second kappa shape index (κ2) is 3.46. The minimum absolute atomic E-state index is 0.0162. The van der Waals surface area contributed by atoms with Crippen LogP contribution in [0.15, 0.2) is 0 Å². The molecule has 0 amide bonds. The Morgan fingerprint density at radius 2 is 1.91 bits per heavy atom. The van der Waals surface area contributed by atoms with E-state index in [-0.39, 0.29) is 6.42 Å². The van der Waals surface area contributed by atoms with Crippen molar-refractivity contribution in [2.24, 2.45) is 0 Å². The highest BCUT2D eigenvalue weighted by Gasteiger charge is 2.35. The van der Waals surface area contributed by atoms with Crippen LogP contribution >= 0.6 is 0 Å². The summed E-state index contributed by atoms with van der Waals surface area (Å²) >= 11 is 0. The summed E-state index contributed by atoms with van der Waals surface area (Å²) in [5.74, 6) is 0. The van der Waals surface area contributed by atoms with Gasteiger partial charge in [-0.15, -0.1) is 0 Å². The van der Waals surface area contributed by atoms with Crippen LogP contribution in [0.1, 0.15) is 6.42 Å². The first-order valence-corrected chi connectivity index (χ1v) is 3.45. The summed E-state index contributed by atoms with van der Waals surface area (Å²) in [6.45, 7) is -0.407. The molecule has 0 bridgehead atoms. The highest BCUT2D eigenvalue weighted by molar-refractivity contribution is 4.81. The monoisotopic (exact) mass is 164 g/mol. The maximum absolute atomic E-state index is 9.11. The Hall–Kier alpha value is -0.200. The molecule has 1 fully saturated rings. The molecule has 5 heteroatoms. The molecule has 66 valence electrons. The number of aliphatic hydroxyl groups is 4. The molecule has 1 heterocycles. The van der Waals surface area contributed by atoms with Crippen molar-refractivity contribution in [1.82, 2.24) is 0 Å². The predicted molar refractivity (Wildman–Crippen MR) is 34.6 cm³/mol. The lowest BCUT2D eigenvalue weighted by atomic mass is 10.0. The van der Waals surface area contributed by atoms with E-state index in [2.05, 4.69) is 0 Å². The number of aliphatic hydroxyl groups excluding tert-OH is 4. The van der Waals surface area contributed by atoms with Crippen LogP contribution < -0.4 is 0 Å². The van der Waals surface area contributed by atoms with Crippen molar-refractivity contribution in [2.45, 2.75) is 31.0 Å². The van der Waals surface area contributed by atoms with Crippen LogP contribution in [-0.2, 0) is 4.74 Å². The Kier molecular flexibility index (Phi) is 2.80. The van der Waals surface area contributed by atoms with E-state index in [4.69, 9.17) is 25.2 Å². The maximum Gasteiger partial charge on any atom is 0.157 e. The molecule has 0 aromatic rings. The molecule has 4 atom stereocenters. The lowest BCUT2D eigenvalue weighted by Crippen LogP contribution is -2.49. The molecule has 1 unspecified atom stereocenters. The first-order valence-electron chi connectivity index (χ1n) is 3.45. The molecule has 11 heavy (non-hydrogen) atoms. The Morgan fingerprint density at radius 1 is 1.27 bits per heavy atom. The molecule has 1 aliphatic heterocycles. The van der Waals surface area contributed by atoms with Gasteiger partial charge in [-0.05, 0) is 0 Å². The molecule has 0 aromatic carbocycles. The third kappa shape index (κ3) is 1.88. The van der Waals surface area contributed by atoms with E-state index >= 15 is 0 Å². The number of hydrogen-bond acceptors (Lipinski definition) is 5. The van der Waals surface area contributed by atoms with Crippen molar-refractivity contribution in [3.8, 4) is 0 Å². The van der Waals surface area contributed by atoms with E-state index < -0.39 is 31.2 Å². The highest BCUT2D eigenvalue weighted by Crippen LogP contribution is 2.18. The fraction of sp³-hybridized carbons (Fsp3) is 1.00. The van der Waals surface area contributed by atoms with Crippen LogP contribution in [0.3, 0.4) is 0 Å². The fourth-order valence-corrected chi connectivity index (χ4v) is 1.08. The topological polar surface area (TPSA) is 90.2 Å². The van der Waals surface area contributed by atoms with E-state index in [1.54, 1.807) is 0 Å². The lowest BCUT2D eigenvalue weighted by Gasteiger charge is -2.33. The standard InChI is InChI=1S/C6H12O5/c7-2-4-6(10)3(8)1-5(9)11-4/h3-10H,1-2H2/t3-,4?,5-,6+/m1/s1. The van der Waals surface area contributed by atoms with Crippen LogP contribution in [0.4, 0.5) is 0 Å². The van der Waals surface area contributed by atoms with Gasteiger partial charge >= 0.3 is 0 Å². The number of ether oxygens (including phenoxy) is 1. The zero-order valence-electron chi connectivity index (χ0n) is 5.92. The largest absolute Gasteiger partial charge is 0.394 e. The average molecular weight is 164 g/mol. The molecule has 1 aliphatic rings. The zero-order valence-corrected chi connectivity index (χ0v) is 5.92. The van der Waals surface area contributed by atoms with E-state index in [9.17, 15) is 0 Å². The van der Waals surface area contributed by atoms with E-state index in [1.165, 1.54) is 0 Å². The second-order valence-electron chi connectivity index (χ2n) is 2.61. The van der Waals surface area contributed by atoms with Gasteiger partial charge in [-0.25, -0.2) is 0 Å². The van der Waals surface area contributed by atoms with Crippen molar-refractivity contribution in [3.63, 3.8) is 0 Å². The predicted octanol–water partition coefficient (Wildman–Crippen LogP) is -2.19. The van der Waals surface area contributed by atoms with Crippen molar-refractivity contribution in [2.75, 3.05) is 6.61 Å². The van der Waals surface area contributed by atoms with Crippen LogP contribution in [0.5, 0.6) is 0 Å². The Labute approximate surface area is 63.8 Å². The van der Waals surface area contributed by atoms with E-state index in [0.717, 1.165) is 0 Å². The van der Waals surface area contributed by atoms with E-state index in [0.29, 0.717) is 0 Å². The number of hydrogen-bond donors (Lipinski definition) is 4. The van der Waals surface area contributed by atoms with Gasteiger partial charge in [0.05, 0.1) is 12.7 Å². The van der Waals surface area contributed by atoms with Crippen LogP contribution in [-0.4, -0.2) is 51.6 Å². The molecule has 4 N–H and O–H groups in total. The van der Waals surface area contributed by atoms with Crippen LogP contribution in [0, 0.1) is 0 Å². The van der Waals surface area contributed by atoms with Gasteiger partial charge in [0, 0.05) is 6.42 Å². The van der Waals surface area contributed by atoms with Crippen molar-refractivity contribution < 1.29 is 25.2 Å². The second-order valence-corrected chi connectivity index (χ2v) is 2.61. The van der Waals surface area contributed by atoms with Gasteiger partial charge in [0.25, 0.3) is 0 Å². The summed E-state index contributed by atoms with van der Waals surface area (Å²) in [7, 11) is 0. The fourth-order valence-electron chi connectivity index (χ4n) is 1.08. The molecular formula is C6H12O5. The first-order chi connectivity index (χ1) is 5.15. The molecule has 1 rings (SSSR count). The van der Waals surface area contributed by atoms with Crippen molar-refractivity contribution in [1.29, 1.82) is 0 Å². The normalized spacial score (nSPS) is 45.8. The summed E-state index contributed by atoms with van der Waals surface area (Å²) < 4.78 is 4.71. The van der Waals surface area contributed by atoms with Crippen molar-refractivity contribution >= 4 is 0 Å². The van der Waals surface area contributed by atoms with Gasteiger partial charge < -0.3 is 25.2 Å². The molecule has 0 aliphatic carbocycles. The minimum Gasteiger partial charge on any atom is -0.394 e. The summed E-state index contributed by atoms with van der Waals surface area (Å²) in [4.78, 5) is 0. The molecule has 0 aromatic heterocycles. The maximum atomic E-state index is 9.11. The zero-order chi connectivity index (χ0) is 8.43. The van der Waals surface area contributed by atoms with E-state index in [1.807, 2.05) is 0 Å². The average Bonchev–Trinajstić information content (AvgIpc) is 1.96. The van der Waals surface area contributed by atoms with Gasteiger partial charge in [-0.1, -0.05) is 0 Å². The molecular weight excluding hydrogens is 152 g/mol. The van der Waals surface area contributed by atoms with Gasteiger partial charge in [0.15, 0.2) is 6.29 Å². The van der Waals surface area contributed by atoms with Gasteiger partial charge in [0.2, 0.25) is 0 Å². The van der Waals surface area contributed by atoms with Crippen LogP contribution in [0.25, 0.3) is 0 Å². The Bertz CT molecular complexity index is 128. The Morgan fingerprint density at radius 3 is 2.45 bits per heavy atom. The van der Waals surface area contributed by atoms with Gasteiger partial charge in [-0.3, -0.25) is 0 Å². The molecule has 5 nitrogen and oxygen atoms in total. The molecule has 0 spiro atoms. The van der Waals surface area contributed by atoms with Crippen molar-refractivity contribution in [3.05, 3.63) is 0 Å². The Balaban J connectivity index is 2.51. The quantitative estimate of drug-likeness (QED) is 0.353. The molecule has 0 radical (unpaired) electrons. The SMILES string of the molecule is OCC1O[C@@H](O)C[C@@H](O)[C@@H]1O. The third-order valence-electron chi connectivity index (χ3n) is 1.73. The highest BCUT2D eigenvalue weighted by atomic mass is 16.6. The third-order valence-corrected chi connectivity index (χ3v) is 1.73. The molecule has 1 saturated heterocycles. The first kappa shape index (κ1) is 8.89. The minimum atomic E-state index is -1.11. The van der Waals surface area contributed by atoms with Gasteiger partial charge in [-0.2, -0.15) is 0 Å². The summed E-state index contributed by atoms with van der Waals surface area (Å²) in [5.41, 5.74) is 0. The van der Waals surface area contributed by atoms with Crippen LogP contribution in [0.2, 0.25) is 0 Å². The molecule has 0 saturated carbocycles. The smallest absolute Gasteiger partial charge is 0.157 e. The summed E-state index contributed by atoms with van der Waals surface area (Å²) in [6.07, 6.45) is -4.11. The summed E-state index contributed by atoms with van der Waals surface area (Å²) in [6, 6.07) is 0. The summed E-state index contributed by atoms with van der Waals surface area (Å²) in [5, 5.41) is 35.6.